The minimum atomic E-state index is -4.01. The molecule has 2 aromatic heterocycles. The molecule has 0 aliphatic heterocycles. The largest absolute Gasteiger partial charge is 0.493 e. The molecule has 23 heteroatoms. The summed E-state index contributed by atoms with van der Waals surface area (Å²) in [6.45, 7) is -0.215. The molecule has 0 radical (unpaired) electrons. The van der Waals surface area contributed by atoms with Gasteiger partial charge >= 0.3 is 5.97 Å². The minimum absolute atomic E-state index is 0.117. The van der Waals surface area contributed by atoms with Gasteiger partial charge in [-0.05, 0) is 92.5 Å². The van der Waals surface area contributed by atoms with E-state index in [0.717, 1.165) is 35.2 Å². The standard InChI is InChI=1S/C61H74N6O16S/c68-40-51(71)60(76)59(75)50(70)39-64-61(77)43(35-49(69)44-26-28-55(63-37-44)67-65-38-45-21-8-9-24-54(45)84(78,79)80)20-10-11-30-62-56(72)25-15-33-82-53-23-14-22-52(47(53)27-29-58(73)74)81-31-12-3-13-32-83-57-36-46(41-16-4-1-5-17-41)34-48(66-57)42-18-6-2-7-19-42/h1-2,4-9,14,16-19,21-24,26,28,34,36-38,43,50-51,59-60,68,70-71,75-76,78-80H,3,10-13,15,20,25,27,29-33,35,39-40H2,(H,62,72)(H,63,67)(H,64,77)(H,73,74)/b65-38+. The second-order valence-electron chi connectivity index (χ2n) is 19.7. The van der Waals surface area contributed by atoms with E-state index in [4.69, 9.17) is 24.3 Å². The van der Waals surface area contributed by atoms with Crippen molar-refractivity contribution < 1.29 is 77.7 Å². The molecule has 0 bridgehead atoms. The number of amides is 2. The van der Waals surface area contributed by atoms with Crippen molar-refractivity contribution in [1.82, 2.24) is 20.6 Å². The summed E-state index contributed by atoms with van der Waals surface area (Å²) in [6, 6.07) is 38.2. The van der Waals surface area contributed by atoms with E-state index in [1.165, 1.54) is 42.7 Å². The van der Waals surface area contributed by atoms with E-state index in [0.29, 0.717) is 61.8 Å². The molecule has 0 fully saturated rings. The van der Waals surface area contributed by atoms with Crippen molar-refractivity contribution in [1.29, 1.82) is 0 Å². The number of aromatic nitrogens is 2. The molecule has 5 atom stereocenters. The number of hydrogen-bond donors (Lipinski definition) is 12. The monoisotopic (exact) mass is 1180 g/mol. The highest BCUT2D eigenvalue weighted by Gasteiger charge is 2.31. The molecule has 0 spiro atoms. The molecule has 450 valence electrons. The molecule has 2 amide bonds. The van der Waals surface area contributed by atoms with Crippen LogP contribution in [0.1, 0.15) is 85.7 Å². The molecule has 6 rings (SSSR count). The normalized spacial score (nSPS) is 13.5. The minimum Gasteiger partial charge on any atom is -0.493 e. The van der Waals surface area contributed by atoms with Crippen molar-refractivity contribution >= 4 is 46.5 Å². The summed E-state index contributed by atoms with van der Waals surface area (Å²) in [5.74, 6) is -1.58. The Kier molecular flexibility index (Phi) is 26.5. The zero-order valence-electron chi connectivity index (χ0n) is 46.3. The number of aliphatic hydroxyl groups is 5. The number of carboxylic acids is 1. The van der Waals surface area contributed by atoms with Gasteiger partial charge in [-0.3, -0.25) is 24.6 Å². The first-order valence-electron chi connectivity index (χ1n) is 27.6. The molecule has 4 aromatic carbocycles. The zero-order valence-corrected chi connectivity index (χ0v) is 47.1. The van der Waals surface area contributed by atoms with Crippen LogP contribution >= 0.6 is 10.9 Å². The van der Waals surface area contributed by atoms with Crippen molar-refractivity contribution in [3.05, 3.63) is 150 Å². The Bertz CT molecular complexity index is 2990. The summed E-state index contributed by atoms with van der Waals surface area (Å²) >= 11 is 0. The van der Waals surface area contributed by atoms with Gasteiger partial charge in [0.05, 0.1) is 49.3 Å². The number of aliphatic hydroxyl groups excluding tert-OH is 5. The van der Waals surface area contributed by atoms with Crippen LogP contribution in [0.15, 0.2) is 144 Å². The Balaban J connectivity index is 0.940. The van der Waals surface area contributed by atoms with E-state index >= 15 is 0 Å². The second kappa shape index (κ2) is 34.1. The molecular formula is C61H74N6O16S. The molecule has 12 N–H and O–H groups in total. The van der Waals surface area contributed by atoms with Gasteiger partial charge < -0.3 is 69.1 Å². The smallest absolute Gasteiger partial charge is 0.303 e. The van der Waals surface area contributed by atoms with Crippen molar-refractivity contribution in [2.75, 3.05) is 44.9 Å². The number of nitrogens with one attached hydrogen (secondary N) is 3. The molecular weight excluding hydrogens is 1100 g/mol. The summed E-state index contributed by atoms with van der Waals surface area (Å²) in [6.07, 6.45) is -1.43. The molecule has 0 saturated carbocycles. The Hall–Kier alpha value is -7.84. The number of hydrazone groups is 1. The van der Waals surface area contributed by atoms with Crippen LogP contribution in [0, 0.1) is 5.92 Å². The van der Waals surface area contributed by atoms with Crippen LogP contribution in [0.25, 0.3) is 22.4 Å². The summed E-state index contributed by atoms with van der Waals surface area (Å²) in [5.41, 5.74) is 7.51. The van der Waals surface area contributed by atoms with E-state index in [-0.39, 0.29) is 73.0 Å². The van der Waals surface area contributed by atoms with Gasteiger partial charge in [-0.15, -0.1) is 0 Å². The number of ether oxygens (including phenoxy) is 3. The second-order valence-corrected chi connectivity index (χ2v) is 21.2. The topological polar surface area (TPSA) is 352 Å². The van der Waals surface area contributed by atoms with Gasteiger partial charge in [0.15, 0.2) is 5.78 Å². The fraction of sp³-hybridized carbons (Fsp3) is 0.361. The van der Waals surface area contributed by atoms with Crippen molar-refractivity contribution in [3.63, 3.8) is 0 Å². The Morgan fingerprint density at radius 3 is 1.98 bits per heavy atom. The summed E-state index contributed by atoms with van der Waals surface area (Å²) in [7, 11) is -4.01. The van der Waals surface area contributed by atoms with Crippen molar-refractivity contribution in [3.8, 4) is 39.8 Å². The number of rotatable bonds is 37. The number of hydrogen-bond acceptors (Lipinski definition) is 19. The lowest BCUT2D eigenvalue weighted by Gasteiger charge is -2.26. The van der Waals surface area contributed by atoms with Gasteiger partial charge in [0, 0.05) is 72.8 Å². The Morgan fingerprint density at radius 1 is 0.655 bits per heavy atom. The summed E-state index contributed by atoms with van der Waals surface area (Å²) < 4.78 is 47.5. The Labute approximate surface area is 488 Å². The highest BCUT2D eigenvalue weighted by molar-refractivity contribution is 8.19. The van der Waals surface area contributed by atoms with E-state index in [9.17, 15) is 58.4 Å². The first-order chi connectivity index (χ1) is 40.5. The predicted molar refractivity (Wildman–Crippen MR) is 316 cm³/mol. The lowest BCUT2D eigenvalue weighted by Crippen LogP contribution is -2.50. The maximum atomic E-state index is 13.5. The average Bonchev–Trinajstić information content (AvgIpc) is 3.71. The number of unbranched alkanes of at least 4 members (excludes halogenated alkanes) is 3. The first-order valence-corrected chi connectivity index (χ1v) is 29.1. The van der Waals surface area contributed by atoms with Gasteiger partial charge in [0.25, 0.3) is 0 Å². The lowest BCUT2D eigenvalue weighted by atomic mass is 9.92. The highest BCUT2D eigenvalue weighted by atomic mass is 32.3. The van der Waals surface area contributed by atoms with Gasteiger partial charge in [0.2, 0.25) is 17.7 Å². The molecule has 0 aliphatic rings. The molecule has 5 unspecified atom stereocenters. The molecule has 2 heterocycles. The van der Waals surface area contributed by atoms with Gasteiger partial charge in [-0.1, -0.05) is 91.3 Å². The first kappa shape index (κ1) is 65.3. The lowest BCUT2D eigenvalue weighted by molar-refractivity contribution is -0.137. The van der Waals surface area contributed by atoms with Crippen LogP contribution in [-0.2, 0) is 20.8 Å². The highest BCUT2D eigenvalue weighted by Crippen LogP contribution is 2.45. The van der Waals surface area contributed by atoms with E-state index in [1.807, 2.05) is 66.7 Å². The van der Waals surface area contributed by atoms with Gasteiger partial charge in [-0.25, -0.2) is 9.97 Å². The van der Waals surface area contributed by atoms with Crippen molar-refractivity contribution in [2.45, 2.75) is 99.9 Å². The van der Waals surface area contributed by atoms with Crippen LogP contribution in [0.5, 0.6) is 17.4 Å². The van der Waals surface area contributed by atoms with E-state index in [1.54, 1.807) is 24.3 Å². The summed E-state index contributed by atoms with van der Waals surface area (Å²) in [5, 5.41) is 68.4. The third-order valence-corrected chi connectivity index (χ3v) is 14.3. The molecule has 0 saturated heterocycles. The van der Waals surface area contributed by atoms with Crippen LogP contribution in [0.4, 0.5) is 5.82 Å². The van der Waals surface area contributed by atoms with Crippen LogP contribution in [0.2, 0.25) is 0 Å². The number of anilines is 1. The average molecular weight is 1180 g/mol. The molecule has 6 aromatic rings. The number of Topliss-reactive ketones (excluding diaryl/α,β-unsaturated/α-hetero) is 1. The van der Waals surface area contributed by atoms with Gasteiger partial charge in [0.1, 0.15) is 46.5 Å². The number of aliphatic carboxylic acids is 1. The fourth-order valence-electron chi connectivity index (χ4n) is 8.74. The SMILES string of the molecule is O=C(O)CCc1c(OCCCCCOc2cc(-c3ccccc3)cc(-c3ccccc3)n2)cccc1OCCCC(=O)NCCCCC(CC(=O)c1ccc(N/N=C/c2ccccc2S(O)(O)O)nc1)C(=O)NCC(O)C(O)C(O)C(O)CO. The molecule has 22 nitrogen and oxygen atoms in total. The number of ketones is 1. The number of nitrogens with zero attached hydrogens (tertiary/aromatic N) is 3. The number of pyridine rings is 2. The van der Waals surface area contributed by atoms with Crippen LogP contribution < -0.4 is 30.3 Å². The number of carbonyl (C=O) groups is 4. The van der Waals surface area contributed by atoms with Gasteiger partial charge in [-0.2, -0.15) is 5.10 Å². The fourth-order valence-corrected chi connectivity index (χ4v) is 9.44. The van der Waals surface area contributed by atoms with E-state index in [2.05, 4.69) is 32.2 Å². The maximum Gasteiger partial charge on any atom is 0.303 e. The zero-order chi connectivity index (χ0) is 60.3. The van der Waals surface area contributed by atoms with E-state index < -0.39 is 72.0 Å². The number of carbonyl (C=O) groups excluding carboxylic acids is 3. The van der Waals surface area contributed by atoms with Crippen LogP contribution in [-0.4, -0.2) is 148 Å². The maximum absolute atomic E-state index is 13.5. The number of benzene rings is 4. The third kappa shape index (κ3) is 21.4. The predicted octanol–water partition coefficient (Wildman–Crippen LogP) is 7.37. The molecule has 84 heavy (non-hydrogen) atoms. The quantitative estimate of drug-likeness (QED) is 0.00783. The number of carboxylic acid groups (broad SMARTS) is 1. The third-order valence-electron chi connectivity index (χ3n) is 13.4. The molecule has 0 aliphatic carbocycles. The van der Waals surface area contributed by atoms with Crippen molar-refractivity contribution in [2.24, 2.45) is 11.0 Å². The summed E-state index contributed by atoms with van der Waals surface area (Å²) in [4.78, 5) is 60.4. The Morgan fingerprint density at radius 2 is 1.31 bits per heavy atom. The van der Waals surface area contributed by atoms with Crippen LogP contribution in [0.3, 0.4) is 0 Å².